The van der Waals surface area contributed by atoms with Gasteiger partial charge in [-0.2, -0.15) is 0 Å². The van der Waals surface area contributed by atoms with E-state index in [1.807, 2.05) is 13.8 Å². The lowest BCUT2D eigenvalue weighted by atomic mass is 9.84. The van der Waals surface area contributed by atoms with E-state index < -0.39 is 5.41 Å². The monoisotopic (exact) mass is 226 g/mol. The van der Waals surface area contributed by atoms with Crippen LogP contribution in [0.4, 0.5) is 4.79 Å². The lowest BCUT2D eigenvalue weighted by Gasteiger charge is -2.40. The summed E-state index contributed by atoms with van der Waals surface area (Å²) in [7, 11) is 0. The van der Waals surface area contributed by atoms with Gasteiger partial charge in [0.1, 0.15) is 0 Å². The fraction of sp³-hybridized carbons (Fsp3) is 0.818. The molecule has 0 saturated carbocycles. The van der Waals surface area contributed by atoms with Crippen molar-refractivity contribution in [1.29, 1.82) is 0 Å². The highest BCUT2D eigenvalue weighted by atomic mass is 16.5. The number of imide groups is 1. The zero-order valence-electron chi connectivity index (χ0n) is 9.78. The first-order valence-corrected chi connectivity index (χ1v) is 5.78. The van der Waals surface area contributed by atoms with E-state index >= 15 is 0 Å². The van der Waals surface area contributed by atoms with Crippen LogP contribution in [0, 0.1) is 5.41 Å². The highest BCUT2D eigenvalue weighted by Crippen LogP contribution is 2.29. The number of hydrogen-bond donors (Lipinski definition) is 1. The van der Waals surface area contributed by atoms with Crippen LogP contribution in [0.5, 0.6) is 0 Å². The smallest absolute Gasteiger partial charge is 0.324 e. The van der Waals surface area contributed by atoms with Crippen LogP contribution in [0.1, 0.15) is 26.7 Å². The van der Waals surface area contributed by atoms with Gasteiger partial charge in [0.05, 0.1) is 18.1 Å². The molecule has 0 bridgehead atoms. The van der Waals surface area contributed by atoms with E-state index in [0.29, 0.717) is 19.8 Å². The van der Waals surface area contributed by atoms with E-state index in [-0.39, 0.29) is 18.0 Å². The minimum absolute atomic E-state index is 0.0609. The predicted octanol–water partition coefficient (Wildman–Crippen LogP) is 0.743. The molecule has 0 aliphatic carbocycles. The van der Waals surface area contributed by atoms with Crippen molar-refractivity contribution < 1.29 is 14.3 Å². The summed E-state index contributed by atoms with van der Waals surface area (Å²) in [5.41, 5.74) is -0.462. The molecule has 2 rings (SSSR count). The fourth-order valence-corrected chi connectivity index (χ4v) is 2.15. The Balaban J connectivity index is 2.20. The molecule has 0 aromatic rings. The van der Waals surface area contributed by atoms with Gasteiger partial charge in [0, 0.05) is 13.2 Å². The van der Waals surface area contributed by atoms with Crippen LogP contribution in [0.3, 0.4) is 0 Å². The maximum Gasteiger partial charge on any atom is 0.324 e. The molecule has 0 aromatic carbocycles. The van der Waals surface area contributed by atoms with E-state index in [9.17, 15) is 9.59 Å². The Morgan fingerprint density at radius 3 is 2.88 bits per heavy atom. The quantitative estimate of drug-likeness (QED) is 0.755. The largest absolute Gasteiger partial charge is 0.379 e. The van der Waals surface area contributed by atoms with Gasteiger partial charge in [-0.25, -0.2) is 4.79 Å². The summed E-state index contributed by atoms with van der Waals surface area (Å²) in [5.74, 6) is -0.0609. The molecule has 90 valence electrons. The lowest BCUT2D eigenvalue weighted by molar-refractivity contribution is -0.142. The molecule has 2 unspecified atom stereocenters. The summed E-state index contributed by atoms with van der Waals surface area (Å²) in [6.45, 7) is 5.41. The van der Waals surface area contributed by atoms with Gasteiger partial charge in [-0.15, -0.1) is 0 Å². The molecule has 2 saturated heterocycles. The van der Waals surface area contributed by atoms with Crippen molar-refractivity contribution >= 4 is 11.9 Å². The zero-order valence-corrected chi connectivity index (χ0v) is 9.78. The normalized spacial score (nSPS) is 35.4. The minimum atomic E-state index is -0.462. The number of carbonyl (C=O) groups is 2. The van der Waals surface area contributed by atoms with E-state index in [4.69, 9.17) is 4.74 Å². The van der Waals surface area contributed by atoms with Crippen molar-refractivity contribution in [3.8, 4) is 0 Å². The van der Waals surface area contributed by atoms with Gasteiger partial charge in [0.2, 0.25) is 5.91 Å². The first kappa shape index (κ1) is 11.4. The molecule has 2 fully saturated rings. The van der Waals surface area contributed by atoms with Gasteiger partial charge in [-0.05, 0) is 19.8 Å². The molecule has 16 heavy (non-hydrogen) atoms. The van der Waals surface area contributed by atoms with Crippen LogP contribution >= 0.6 is 0 Å². The summed E-state index contributed by atoms with van der Waals surface area (Å²) in [5, 5.41) is 2.79. The molecular formula is C11H18N2O3. The molecule has 2 atom stereocenters. The molecule has 0 aromatic heterocycles. The number of urea groups is 1. The van der Waals surface area contributed by atoms with Gasteiger partial charge in [-0.1, -0.05) is 6.92 Å². The summed E-state index contributed by atoms with van der Waals surface area (Å²) in [6, 6.07) is -0.356. The fourth-order valence-electron chi connectivity index (χ4n) is 2.15. The number of ether oxygens (including phenoxy) is 1. The summed E-state index contributed by atoms with van der Waals surface area (Å²) in [6.07, 6.45) is 1.48. The molecule has 2 heterocycles. The molecule has 5 heteroatoms. The van der Waals surface area contributed by atoms with Crippen LogP contribution in [0.2, 0.25) is 0 Å². The zero-order chi connectivity index (χ0) is 11.8. The third kappa shape index (κ3) is 1.69. The third-order valence-electron chi connectivity index (χ3n) is 3.63. The van der Waals surface area contributed by atoms with Crippen LogP contribution in [-0.2, 0) is 9.53 Å². The predicted molar refractivity (Wildman–Crippen MR) is 57.9 cm³/mol. The van der Waals surface area contributed by atoms with Gasteiger partial charge in [0.25, 0.3) is 0 Å². The van der Waals surface area contributed by atoms with Crippen LogP contribution in [0.25, 0.3) is 0 Å². The molecule has 0 radical (unpaired) electrons. The molecule has 5 nitrogen and oxygen atoms in total. The Morgan fingerprint density at radius 2 is 2.31 bits per heavy atom. The van der Waals surface area contributed by atoms with Crippen molar-refractivity contribution in [2.24, 2.45) is 5.41 Å². The van der Waals surface area contributed by atoms with Crippen molar-refractivity contribution in [2.45, 2.75) is 32.7 Å². The van der Waals surface area contributed by atoms with E-state index in [2.05, 4.69) is 5.32 Å². The first-order chi connectivity index (χ1) is 7.58. The van der Waals surface area contributed by atoms with Crippen LogP contribution in [0.15, 0.2) is 0 Å². The standard InChI is InChI=1S/C11H18N2O3/c1-3-11(2)7-12-10(15)13(9(11)14)8-4-5-16-6-8/h8H,3-7H2,1-2H3,(H,12,15). The van der Waals surface area contributed by atoms with Crippen molar-refractivity contribution in [3.63, 3.8) is 0 Å². The third-order valence-corrected chi connectivity index (χ3v) is 3.63. The van der Waals surface area contributed by atoms with Crippen molar-refractivity contribution in [2.75, 3.05) is 19.8 Å². The van der Waals surface area contributed by atoms with Gasteiger partial charge >= 0.3 is 6.03 Å². The van der Waals surface area contributed by atoms with Gasteiger partial charge < -0.3 is 10.1 Å². The lowest BCUT2D eigenvalue weighted by Crippen LogP contribution is -2.62. The highest BCUT2D eigenvalue weighted by Gasteiger charge is 2.45. The Labute approximate surface area is 95.1 Å². The second kappa shape index (κ2) is 4.05. The number of rotatable bonds is 2. The van der Waals surface area contributed by atoms with Gasteiger partial charge in [-0.3, -0.25) is 9.69 Å². The Hall–Kier alpha value is -1.10. The minimum Gasteiger partial charge on any atom is -0.379 e. The molecular weight excluding hydrogens is 208 g/mol. The Morgan fingerprint density at radius 1 is 1.56 bits per heavy atom. The molecule has 2 aliphatic heterocycles. The average Bonchev–Trinajstić information content (AvgIpc) is 2.78. The van der Waals surface area contributed by atoms with Gasteiger partial charge in [0.15, 0.2) is 0 Å². The second-order valence-corrected chi connectivity index (χ2v) is 4.77. The molecule has 0 spiro atoms. The van der Waals surface area contributed by atoms with Crippen LogP contribution in [-0.4, -0.2) is 42.6 Å². The summed E-state index contributed by atoms with van der Waals surface area (Å²) in [4.78, 5) is 25.4. The average molecular weight is 226 g/mol. The number of hydrogen-bond acceptors (Lipinski definition) is 3. The van der Waals surface area contributed by atoms with Crippen molar-refractivity contribution in [1.82, 2.24) is 10.2 Å². The van der Waals surface area contributed by atoms with E-state index in [1.54, 1.807) is 0 Å². The maximum absolute atomic E-state index is 12.3. The van der Waals surface area contributed by atoms with E-state index in [1.165, 1.54) is 4.90 Å². The number of nitrogens with one attached hydrogen (secondary N) is 1. The van der Waals surface area contributed by atoms with Crippen LogP contribution < -0.4 is 5.32 Å². The topological polar surface area (TPSA) is 58.6 Å². The molecule has 1 N–H and O–H groups in total. The highest BCUT2D eigenvalue weighted by molar-refractivity contribution is 6.00. The SMILES string of the molecule is CCC1(C)CNC(=O)N(C2CCOC2)C1=O. The molecule has 2 aliphatic rings. The molecule has 3 amide bonds. The number of amides is 3. The van der Waals surface area contributed by atoms with Crippen molar-refractivity contribution in [3.05, 3.63) is 0 Å². The number of nitrogens with zero attached hydrogens (tertiary/aromatic N) is 1. The second-order valence-electron chi connectivity index (χ2n) is 4.77. The van der Waals surface area contributed by atoms with E-state index in [0.717, 1.165) is 12.8 Å². The maximum atomic E-state index is 12.3. The first-order valence-electron chi connectivity index (χ1n) is 5.78. The Kier molecular flexibility index (Phi) is 2.88. The number of carbonyl (C=O) groups excluding carboxylic acids is 2. The summed E-state index contributed by atoms with van der Waals surface area (Å²) < 4.78 is 5.23. The Bertz CT molecular complexity index is 312. The summed E-state index contributed by atoms with van der Waals surface area (Å²) >= 11 is 0.